The van der Waals surface area contributed by atoms with E-state index in [1.807, 2.05) is 13.8 Å². The maximum atomic E-state index is 11.5. The zero-order valence-electron chi connectivity index (χ0n) is 9.41. The lowest BCUT2D eigenvalue weighted by molar-refractivity contribution is -0.143. The molecule has 0 bridgehead atoms. The molecule has 0 aromatic carbocycles. The van der Waals surface area contributed by atoms with Gasteiger partial charge in [0.15, 0.2) is 0 Å². The number of carboxylic acids is 1. The van der Waals surface area contributed by atoms with E-state index in [0.29, 0.717) is 12.8 Å². The number of amides is 2. The lowest BCUT2D eigenvalue weighted by Crippen LogP contribution is -2.44. The van der Waals surface area contributed by atoms with Gasteiger partial charge in [0.05, 0.1) is 5.41 Å². The Balaban J connectivity index is 2.38. The highest BCUT2D eigenvalue weighted by Crippen LogP contribution is 2.45. The summed E-state index contributed by atoms with van der Waals surface area (Å²) in [5.41, 5.74) is -0.687. The monoisotopic (exact) mass is 214 g/mol. The van der Waals surface area contributed by atoms with E-state index in [2.05, 4.69) is 5.32 Å². The van der Waals surface area contributed by atoms with Gasteiger partial charge in [-0.25, -0.2) is 4.79 Å². The molecule has 0 atom stereocenters. The van der Waals surface area contributed by atoms with Gasteiger partial charge in [-0.3, -0.25) is 4.79 Å². The molecule has 0 aliphatic heterocycles. The molecule has 86 valence electrons. The van der Waals surface area contributed by atoms with Gasteiger partial charge in [-0.2, -0.15) is 0 Å². The molecule has 2 N–H and O–H groups in total. The highest BCUT2D eigenvalue weighted by atomic mass is 16.4. The van der Waals surface area contributed by atoms with E-state index in [9.17, 15) is 9.59 Å². The third kappa shape index (κ3) is 2.61. The smallest absolute Gasteiger partial charge is 0.317 e. The van der Waals surface area contributed by atoms with Crippen LogP contribution < -0.4 is 5.32 Å². The number of aliphatic carboxylic acids is 1. The molecule has 1 saturated carbocycles. The zero-order valence-corrected chi connectivity index (χ0v) is 9.41. The molecule has 2 amide bonds. The van der Waals surface area contributed by atoms with E-state index in [0.717, 1.165) is 0 Å². The molecule has 1 rings (SSSR count). The van der Waals surface area contributed by atoms with E-state index in [-0.39, 0.29) is 18.6 Å². The Labute approximate surface area is 89.4 Å². The fourth-order valence-corrected chi connectivity index (χ4v) is 1.22. The van der Waals surface area contributed by atoms with Crippen molar-refractivity contribution in [3.05, 3.63) is 0 Å². The molecule has 0 aromatic rings. The van der Waals surface area contributed by atoms with Crippen molar-refractivity contribution in [2.24, 2.45) is 5.41 Å². The summed E-state index contributed by atoms with van der Waals surface area (Å²) in [5.74, 6) is -0.810. The highest BCUT2D eigenvalue weighted by Gasteiger charge is 2.50. The van der Waals surface area contributed by atoms with E-state index < -0.39 is 11.4 Å². The predicted molar refractivity (Wildman–Crippen MR) is 55.6 cm³/mol. The number of carbonyl (C=O) groups excluding carboxylic acids is 1. The maximum absolute atomic E-state index is 11.5. The van der Waals surface area contributed by atoms with Crippen molar-refractivity contribution in [3.63, 3.8) is 0 Å². The molecule has 0 unspecified atom stereocenters. The highest BCUT2D eigenvalue weighted by molar-refractivity contribution is 5.80. The van der Waals surface area contributed by atoms with Crippen molar-refractivity contribution in [1.29, 1.82) is 0 Å². The van der Waals surface area contributed by atoms with Crippen LogP contribution in [0.5, 0.6) is 0 Å². The molecule has 1 aliphatic rings. The van der Waals surface area contributed by atoms with Crippen LogP contribution in [0.25, 0.3) is 0 Å². The SMILES string of the molecule is CC(C)N(C)C(=O)NCC1(C(=O)O)CC1. The summed E-state index contributed by atoms with van der Waals surface area (Å²) in [6.07, 6.45) is 1.32. The number of nitrogens with one attached hydrogen (secondary N) is 1. The van der Waals surface area contributed by atoms with Crippen molar-refractivity contribution in [2.75, 3.05) is 13.6 Å². The summed E-state index contributed by atoms with van der Waals surface area (Å²) in [6.45, 7) is 4.05. The van der Waals surface area contributed by atoms with Crippen molar-refractivity contribution >= 4 is 12.0 Å². The maximum Gasteiger partial charge on any atom is 0.317 e. The number of hydrogen-bond acceptors (Lipinski definition) is 2. The molecule has 0 aromatic heterocycles. The average Bonchev–Trinajstić information content (AvgIpc) is 2.93. The molecule has 0 radical (unpaired) electrons. The van der Waals surface area contributed by atoms with Crippen molar-refractivity contribution in [2.45, 2.75) is 32.7 Å². The zero-order chi connectivity index (χ0) is 11.6. The lowest BCUT2D eigenvalue weighted by Gasteiger charge is -2.22. The molecule has 1 aliphatic carbocycles. The molecule has 15 heavy (non-hydrogen) atoms. The fourth-order valence-electron chi connectivity index (χ4n) is 1.22. The Bertz CT molecular complexity index is 272. The Hall–Kier alpha value is -1.26. The van der Waals surface area contributed by atoms with Gasteiger partial charge in [-0.1, -0.05) is 0 Å². The van der Waals surface area contributed by atoms with E-state index in [1.54, 1.807) is 11.9 Å². The van der Waals surface area contributed by atoms with Crippen LogP contribution in [-0.4, -0.2) is 41.6 Å². The standard InChI is InChI=1S/C10H18N2O3/c1-7(2)12(3)9(15)11-6-10(4-5-10)8(13)14/h7H,4-6H2,1-3H3,(H,11,15)(H,13,14). The molecule has 5 heteroatoms. The summed E-state index contributed by atoms with van der Waals surface area (Å²) in [6, 6.07) is -0.0949. The van der Waals surface area contributed by atoms with Gasteiger partial charge in [0.2, 0.25) is 0 Å². The first-order valence-corrected chi connectivity index (χ1v) is 5.13. The second kappa shape index (κ2) is 4.08. The fraction of sp³-hybridized carbons (Fsp3) is 0.800. The normalized spacial score (nSPS) is 17.3. The van der Waals surface area contributed by atoms with Crippen molar-refractivity contribution in [1.82, 2.24) is 10.2 Å². The topological polar surface area (TPSA) is 69.6 Å². The molecule has 1 fully saturated rings. The van der Waals surface area contributed by atoms with Crippen LogP contribution in [0, 0.1) is 5.41 Å². The van der Waals surface area contributed by atoms with E-state index in [1.165, 1.54) is 0 Å². The number of rotatable bonds is 4. The minimum absolute atomic E-state index is 0.116. The minimum atomic E-state index is -0.810. The minimum Gasteiger partial charge on any atom is -0.481 e. The molecular weight excluding hydrogens is 196 g/mol. The van der Waals surface area contributed by atoms with Gasteiger partial charge < -0.3 is 15.3 Å². The van der Waals surface area contributed by atoms with Gasteiger partial charge in [-0.05, 0) is 26.7 Å². The third-order valence-corrected chi connectivity index (χ3v) is 2.98. The second-order valence-electron chi connectivity index (χ2n) is 4.45. The van der Waals surface area contributed by atoms with Crippen molar-refractivity contribution < 1.29 is 14.7 Å². The van der Waals surface area contributed by atoms with E-state index >= 15 is 0 Å². The summed E-state index contributed by atoms with van der Waals surface area (Å²) >= 11 is 0. The Morgan fingerprint density at radius 3 is 2.33 bits per heavy atom. The van der Waals surface area contributed by atoms with Gasteiger partial charge in [0.25, 0.3) is 0 Å². The van der Waals surface area contributed by atoms with Gasteiger partial charge in [-0.15, -0.1) is 0 Å². The first kappa shape index (κ1) is 11.8. The van der Waals surface area contributed by atoms with Crippen LogP contribution in [0.15, 0.2) is 0 Å². The summed E-state index contributed by atoms with van der Waals surface area (Å²) in [7, 11) is 1.69. The summed E-state index contributed by atoms with van der Waals surface area (Å²) in [5, 5.41) is 11.6. The first-order chi connectivity index (χ1) is 6.89. The van der Waals surface area contributed by atoms with Crippen molar-refractivity contribution in [3.8, 4) is 0 Å². The number of urea groups is 1. The molecule has 0 spiro atoms. The molecule has 0 heterocycles. The largest absolute Gasteiger partial charge is 0.481 e. The van der Waals surface area contributed by atoms with Crippen LogP contribution in [0.4, 0.5) is 4.79 Å². The number of hydrogen-bond donors (Lipinski definition) is 2. The van der Waals surface area contributed by atoms with Gasteiger partial charge in [0.1, 0.15) is 0 Å². The third-order valence-electron chi connectivity index (χ3n) is 2.98. The molecule has 0 saturated heterocycles. The van der Waals surface area contributed by atoms with Crippen LogP contribution in [0.3, 0.4) is 0 Å². The van der Waals surface area contributed by atoms with Gasteiger partial charge in [0, 0.05) is 19.6 Å². The number of carbonyl (C=O) groups is 2. The van der Waals surface area contributed by atoms with Crippen LogP contribution >= 0.6 is 0 Å². The number of carboxylic acid groups (broad SMARTS) is 1. The second-order valence-corrected chi connectivity index (χ2v) is 4.45. The Morgan fingerprint density at radius 1 is 1.47 bits per heavy atom. The predicted octanol–water partition coefficient (Wildman–Crippen LogP) is 0.901. The van der Waals surface area contributed by atoms with Crippen LogP contribution in [-0.2, 0) is 4.79 Å². The van der Waals surface area contributed by atoms with Gasteiger partial charge >= 0.3 is 12.0 Å². The Morgan fingerprint density at radius 2 is 2.00 bits per heavy atom. The molecular formula is C10H18N2O3. The quantitative estimate of drug-likeness (QED) is 0.730. The summed E-state index contributed by atoms with van der Waals surface area (Å²) in [4.78, 5) is 23.9. The number of nitrogens with zero attached hydrogens (tertiary/aromatic N) is 1. The molecule has 5 nitrogen and oxygen atoms in total. The Kier molecular flexibility index (Phi) is 3.21. The van der Waals surface area contributed by atoms with Crippen LogP contribution in [0.1, 0.15) is 26.7 Å². The first-order valence-electron chi connectivity index (χ1n) is 5.13. The summed E-state index contributed by atoms with van der Waals surface area (Å²) < 4.78 is 0. The lowest BCUT2D eigenvalue weighted by atomic mass is 10.1. The van der Waals surface area contributed by atoms with E-state index in [4.69, 9.17) is 5.11 Å². The average molecular weight is 214 g/mol. The van der Waals surface area contributed by atoms with Crippen LogP contribution in [0.2, 0.25) is 0 Å².